The Morgan fingerprint density at radius 1 is 1.53 bits per heavy atom. The van der Waals surface area contributed by atoms with Crippen molar-refractivity contribution in [3.8, 4) is 0 Å². The van der Waals surface area contributed by atoms with Crippen molar-refractivity contribution < 1.29 is 4.52 Å². The highest BCUT2D eigenvalue weighted by atomic mass is 32.2. The first kappa shape index (κ1) is 12.5. The van der Waals surface area contributed by atoms with Gasteiger partial charge in [-0.15, -0.1) is 0 Å². The Balaban J connectivity index is 2.35. The molecule has 1 rings (SSSR count). The fourth-order valence-electron chi connectivity index (χ4n) is 1.29. The number of nitrogens with one attached hydrogen (secondary N) is 1. The van der Waals surface area contributed by atoms with Crippen LogP contribution in [0.1, 0.15) is 32.0 Å². The average molecular weight is 229 g/mol. The van der Waals surface area contributed by atoms with E-state index in [-0.39, 0.29) is 0 Å². The number of thioether (sulfide) groups is 1. The number of hydrogen-bond acceptors (Lipinski definition) is 5. The topological polar surface area (TPSA) is 51.0 Å². The Kier molecular flexibility index (Phi) is 5.71. The molecule has 0 saturated heterocycles. The highest BCUT2D eigenvalue weighted by Gasteiger charge is 2.09. The fraction of sp³-hybridized carbons (Fsp3) is 0.800. The fourth-order valence-corrected chi connectivity index (χ4v) is 1.66. The molecule has 1 unspecified atom stereocenters. The zero-order chi connectivity index (χ0) is 11.1. The quantitative estimate of drug-likeness (QED) is 0.773. The molecule has 0 aliphatic heterocycles. The van der Waals surface area contributed by atoms with E-state index in [0.29, 0.717) is 6.04 Å². The molecule has 0 radical (unpaired) electrons. The number of hydrogen-bond donors (Lipinski definition) is 1. The Morgan fingerprint density at radius 3 is 3.00 bits per heavy atom. The minimum atomic E-state index is 0.396. The lowest BCUT2D eigenvalue weighted by atomic mass is 10.2. The Bertz CT molecular complexity index is 277. The third kappa shape index (κ3) is 4.66. The Morgan fingerprint density at radius 2 is 2.33 bits per heavy atom. The molecular formula is C10H19N3OS. The van der Waals surface area contributed by atoms with Crippen molar-refractivity contribution in [2.45, 2.75) is 38.5 Å². The smallest absolute Gasteiger partial charge is 0.228 e. The zero-order valence-corrected chi connectivity index (χ0v) is 10.4. The second-order valence-electron chi connectivity index (χ2n) is 3.60. The van der Waals surface area contributed by atoms with E-state index in [0.717, 1.165) is 36.9 Å². The van der Waals surface area contributed by atoms with Crippen LogP contribution in [-0.2, 0) is 12.2 Å². The summed E-state index contributed by atoms with van der Waals surface area (Å²) >= 11 is 1.70. The average Bonchev–Trinajstić information content (AvgIpc) is 2.63. The van der Waals surface area contributed by atoms with Gasteiger partial charge >= 0.3 is 0 Å². The number of aromatic nitrogens is 2. The van der Waals surface area contributed by atoms with Crippen molar-refractivity contribution in [3.63, 3.8) is 0 Å². The van der Waals surface area contributed by atoms with Crippen LogP contribution < -0.4 is 5.32 Å². The predicted octanol–water partition coefficient (Wildman–Crippen LogP) is 1.86. The maximum atomic E-state index is 5.15. The molecule has 0 saturated carbocycles. The molecule has 1 N–H and O–H groups in total. The first-order chi connectivity index (χ1) is 7.26. The molecular weight excluding hydrogens is 210 g/mol. The molecule has 0 spiro atoms. The van der Waals surface area contributed by atoms with Gasteiger partial charge in [-0.1, -0.05) is 12.1 Å². The van der Waals surface area contributed by atoms with Crippen LogP contribution in [0.3, 0.4) is 0 Å². The molecule has 1 heterocycles. The number of rotatable bonds is 7. The molecule has 86 valence electrons. The molecule has 0 aliphatic rings. The van der Waals surface area contributed by atoms with Gasteiger partial charge in [0, 0.05) is 12.5 Å². The van der Waals surface area contributed by atoms with Gasteiger partial charge < -0.3 is 9.84 Å². The first-order valence-electron chi connectivity index (χ1n) is 5.30. The second-order valence-corrected chi connectivity index (χ2v) is 4.46. The van der Waals surface area contributed by atoms with Crippen molar-refractivity contribution in [2.24, 2.45) is 0 Å². The lowest BCUT2D eigenvalue weighted by Gasteiger charge is -2.09. The van der Waals surface area contributed by atoms with E-state index < -0.39 is 0 Å². The van der Waals surface area contributed by atoms with Gasteiger partial charge in [-0.2, -0.15) is 16.7 Å². The molecule has 0 aromatic carbocycles. The van der Waals surface area contributed by atoms with E-state index >= 15 is 0 Å². The van der Waals surface area contributed by atoms with E-state index in [4.69, 9.17) is 4.52 Å². The molecule has 15 heavy (non-hydrogen) atoms. The lowest BCUT2D eigenvalue weighted by Crippen LogP contribution is -2.28. The van der Waals surface area contributed by atoms with Crippen LogP contribution in [0.5, 0.6) is 0 Å². The normalized spacial score (nSPS) is 13.0. The molecule has 5 heteroatoms. The van der Waals surface area contributed by atoms with Crippen molar-refractivity contribution >= 4 is 11.8 Å². The van der Waals surface area contributed by atoms with Crippen LogP contribution in [0.15, 0.2) is 4.52 Å². The van der Waals surface area contributed by atoms with Crippen molar-refractivity contribution in [1.82, 2.24) is 15.5 Å². The summed E-state index contributed by atoms with van der Waals surface area (Å²) in [5.74, 6) is 2.34. The summed E-state index contributed by atoms with van der Waals surface area (Å²) in [5, 5.41) is 7.29. The molecule has 1 aromatic heterocycles. The minimum absolute atomic E-state index is 0.396. The Labute approximate surface area is 95.2 Å². The summed E-state index contributed by atoms with van der Waals surface area (Å²) in [5.41, 5.74) is 0. The van der Waals surface area contributed by atoms with Crippen molar-refractivity contribution in [1.29, 1.82) is 0 Å². The molecule has 1 aromatic rings. The maximum absolute atomic E-state index is 5.15. The van der Waals surface area contributed by atoms with Gasteiger partial charge in [-0.3, -0.25) is 0 Å². The van der Waals surface area contributed by atoms with E-state index in [9.17, 15) is 0 Å². The maximum Gasteiger partial charge on any atom is 0.228 e. The molecule has 0 fully saturated rings. The van der Waals surface area contributed by atoms with Crippen molar-refractivity contribution in [2.75, 3.05) is 12.8 Å². The SMILES string of the molecule is CCCNC(C)Cc1nc(CSC)no1. The van der Waals surface area contributed by atoms with Gasteiger partial charge in [-0.05, 0) is 26.1 Å². The summed E-state index contributed by atoms with van der Waals surface area (Å²) in [4.78, 5) is 4.31. The van der Waals surface area contributed by atoms with Gasteiger partial charge in [-0.25, -0.2) is 0 Å². The van der Waals surface area contributed by atoms with E-state index in [1.54, 1.807) is 11.8 Å². The van der Waals surface area contributed by atoms with Crippen LogP contribution in [-0.4, -0.2) is 29.0 Å². The van der Waals surface area contributed by atoms with Crippen LogP contribution >= 0.6 is 11.8 Å². The van der Waals surface area contributed by atoms with Crippen LogP contribution in [0.2, 0.25) is 0 Å². The summed E-state index contributed by atoms with van der Waals surface area (Å²) in [6, 6.07) is 0.396. The monoisotopic (exact) mass is 229 g/mol. The van der Waals surface area contributed by atoms with E-state index in [2.05, 4.69) is 29.3 Å². The zero-order valence-electron chi connectivity index (χ0n) is 9.62. The highest BCUT2D eigenvalue weighted by molar-refractivity contribution is 7.97. The van der Waals surface area contributed by atoms with E-state index in [1.807, 2.05) is 6.26 Å². The van der Waals surface area contributed by atoms with Crippen molar-refractivity contribution in [3.05, 3.63) is 11.7 Å². The molecule has 1 atom stereocenters. The second kappa shape index (κ2) is 6.85. The van der Waals surface area contributed by atoms with Crippen LogP contribution in [0.4, 0.5) is 0 Å². The summed E-state index contributed by atoms with van der Waals surface area (Å²) < 4.78 is 5.15. The molecule has 0 bridgehead atoms. The summed E-state index contributed by atoms with van der Waals surface area (Å²) in [6.45, 7) is 5.32. The molecule has 0 amide bonds. The van der Waals surface area contributed by atoms with Crippen LogP contribution in [0.25, 0.3) is 0 Å². The predicted molar refractivity (Wildman–Crippen MR) is 63.0 cm³/mol. The summed E-state index contributed by atoms with van der Waals surface area (Å²) in [6.07, 6.45) is 3.98. The third-order valence-corrected chi connectivity index (χ3v) is 2.55. The third-order valence-electron chi connectivity index (χ3n) is 2.01. The standard InChI is InChI=1S/C10H19N3OS/c1-4-5-11-8(2)6-10-12-9(7-15-3)13-14-10/h8,11H,4-7H2,1-3H3. The van der Waals surface area contributed by atoms with Gasteiger partial charge in [0.1, 0.15) is 0 Å². The lowest BCUT2D eigenvalue weighted by molar-refractivity contribution is 0.358. The van der Waals surface area contributed by atoms with Crippen LogP contribution in [0, 0.1) is 0 Å². The largest absolute Gasteiger partial charge is 0.339 e. The highest BCUT2D eigenvalue weighted by Crippen LogP contribution is 2.06. The Hall–Kier alpha value is -0.550. The minimum Gasteiger partial charge on any atom is -0.339 e. The first-order valence-corrected chi connectivity index (χ1v) is 6.69. The van der Waals surface area contributed by atoms with Gasteiger partial charge in [0.05, 0.1) is 5.75 Å². The van der Waals surface area contributed by atoms with Gasteiger partial charge in [0.25, 0.3) is 0 Å². The van der Waals surface area contributed by atoms with Gasteiger partial charge in [0.15, 0.2) is 5.82 Å². The van der Waals surface area contributed by atoms with E-state index in [1.165, 1.54) is 0 Å². The molecule has 4 nitrogen and oxygen atoms in total. The summed E-state index contributed by atoms with van der Waals surface area (Å²) in [7, 11) is 0. The van der Waals surface area contributed by atoms with Gasteiger partial charge in [0.2, 0.25) is 5.89 Å². The number of nitrogens with zero attached hydrogens (tertiary/aromatic N) is 2. The molecule has 0 aliphatic carbocycles.